The summed E-state index contributed by atoms with van der Waals surface area (Å²) in [5, 5.41) is 5.33. The molecule has 1 aromatic carbocycles. The van der Waals surface area contributed by atoms with Crippen LogP contribution in [-0.4, -0.2) is 46.5 Å². The average Bonchev–Trinajstić information content (AvgIpc) is 3.22. The molecule has 1 aliphatic rings. The highest BCUT2D eigenvalue weighted by Gasteiger charge is 2.17. The first-order chi connectivity index (χ1) is 13.7. The van der Waals surface area contributed by atoms with E-state index in [1.165, 1.54) is 45.6 Å². The van der Waals surface area contributed by atoms with Gasteiger partial charge in [-0.2, -0.15) is 5.10 Å². The number of hydrazone groups is 1. The third-order valence-corrected chi connectivity index (χ3v) is 5.65. The number of hydrogen-bond acceptors (Lipinski definition) is 7. The van der Waals surface area contributed by atoms with Crippen LogP contribution >= 0.6 is 11.3 Å². The molecule has 1 N–H and O–H groups in total. The van der Waals surface area contributed by atoms with Gasteiger partial charge in [-0.3, -0.25) is 4.79 Å². The third-order valence-electron chi connectivity index (χ3n) is 4.57. The minimum absolute atomic E-state index is 0.358. The number of amides is 1. The second kappa shape index (κ2) is 9.45. The first-order valence-electron chi connectivity index (χ1n) is 9.14. The van der Waals surface area contributed by atoms with Crippen molar-refractivity contribution >= 4 is 28.5 Å². The van der Waals surface area contributed by atoms with Gasteiger partial charge in [0.2, 0.25) is 5.75 Å². The van der Waals surface area contributed by atoms with E-state index < -0.39 is 0 Å². The molecule has 2 heterocycles. The van der Waals surface area contributed by atoms with Crippen molar-refractivity contribution in [1.82, 2.24) is 5.43 Å². The summed E-state index contributed by atoms with van der Waals surface area (Å²) in [5.41, 5.74) is 2.92. The number of carbonyl (C=O) groups is 1. The molecule has 1 amide bonds. The molecule has 0 unspecified atom stereocenters. The van der Waals surface area contributed by atoms with Crippen LogP contribution in [0.25, 0.3) is 0 Å². The molecule has 0 bridgehead atoms. The highest BCUT2D eigenvalue weighted by molar-refractivity contribution is 7.17. The zero-order valence-corrected chi connectivity index (χ0v) is 17.2. The van der Waals surface area contributed by atoms with E-state index in [1.54, 1.807) is 29.7 Å². The van der Waals surface area contributed by atoms with Crippen molar-refractivity contribution in [1.29, 1.82) is 0 Å². The van der Waals surface area contributed by atoms with Gasteiger partial charge < -0.3 is 19.1 Å². The number of carbonyl (C=O) groups excluding carboxylic acids is 1. The number of ether oxygens (including phenoxy) is 3. The van der Waals surface area contributed by atoms with Gasteiger partial charge in [0.05, 0.1) is 32.5 Å². The smallest absolute Gasteiger partial charge is 0.271 e. The number of methoxy groups -OCH3 is 3. The fourth-order valence-corrected chi connectivity index (χ4v) is 4.06. The lowest BCUT2D eigenvalue weighted by Gasteiger charge is -2.27. The first-order valence-corrected chi connectivity index (χ1v) is 9.96. The van der Waals surface area contributed by atoms with Crippen molar-refractivity contribution in [2.75, 3.05) is 39.3 Å². The molecule has 28 heavy (non-hydrogen) atoms. The number of nitrogens with one attached hydrogen (secondary N) is 1. The van der Waals surface area contributed by atoms with Gasteiger partial charge in [-0.05, 0) is 43.5 Å². The molecule has 0 spiro atoms. The number of benzene rings is 1. The molecule has 7 nitrogen and oxygen atoms in total. The average molecular weight is 404 g/mol. The Balaban J connectivity index is 1.66. The lowest BCUT2D eigenvalue weighted by atomic mass is 10.1. The van der Waals surface area contributed by atoms with Gasteiger partial charge in [0.15, 0.2) is 11.5 Å². The summed E-state index contributed by atoms with van der Waals surface area (Å²) < 4.78 is 15.8. The van der Waals surface area contributed by atoms with Gasteiger partial charge in [-0.25, -0.2) is 5.43 Å². The predicted octanol–water partition coefficient (Wildman–Crippen LogP) is 3.53. The molecule has 150 valence electrons. The maximum Gasteiger partial charge on any atom is 0.271 e. The van der Waals surface area contributed by atoms with E-state index in [1.807, 2.05) is 6.07 Å². The maximum absolute atomic E-state index is 12.4. The van der Waals surface area contributed by atoms with E-state index in [9.17, 15) is 4.79 Å². The number of hydrogen-bond donors (Lipinski definition) is 1. The highest BCUT2D eigenvalue weighted by atomic mass is 32.1. The van der Waals surface area contributed by atoms with Gasteiger partial charge in [0.25, 0.3) is 5.91 Å². The largest absolute Gasteiger partial charge is 0.493 e. The molecule has 0 saturated carbocycles. The van der Waals surface area contributed by atoms with Crippen LogP contribution in [0.15, 0.2) is 29.4 Å². The lowest BCUT2D eigenvalue weighted by Crippen LogP contribution is -2.28. The Morgan fingerprint density at radius 1 is 1.07 bits per heavy atom. The molecule has 1 fully saturated rings. The van der Waals surface area contributed by atoms with Gasteiger partial charge in [-0.1, -0.05) is 0 Å². The molecule has 3 rings (SSSR count). The molecule has 0 aliphatic carbocycles. The normalized spacial score (nSPS) is 14.2. The summed E-state index contributed by atoms with van der Waals surface area (Å²) in [4.78, 5) is 15.8. The standard InChI is InChI=1S/C20H25N3O4S/c1-25-16-11-14(12-17(26-2)19(16)27-3)20(24)22-21-13-15-7-8-18(28-15)23-9-5-4-6-10-23/h7-8,11-13H,4-6,9-10H2,1-3H3,(H,22,24)/b21-13-. The van der Waals surface area contributed by atoms with Crippen molar-refractivity contribution in [3.63, 3.8) is 0 Å². The van der Waals surface area contributed by atoms with Crippen LogP contribution in [-0.2, 0) is 0 Å². The van der Waals surface area contributed by atoms with E-state index in [4.69, 9.17) is 14.2 Å². The zero-order valence-electron chi connectivity index (χ0n) is 16.4. The summed E-state index contributed by atoms with van der Waals surface area (Å²) in [6.45, 7) is 2.21. The van der Waals surface area contributed by atoms with Crippen LogP contribution in [0.3, 0.4) is 0 Å². The number of thiophene rings is 1. The SMILES string of the molecule is COc1cc(C(=O)N/N=C\c2ccc(N3CCCCC3)s2)cc(OC)c1OC. The van der Waals surface area contributed by atoms with E-state index in [2.05, 4.69) is 21.5 Å². The van der Waals surface area contributed by atoms with E-state index in [-0.39, 0.29) is 5.91 Å². The topological polar surface area (TPSA) is 72.4 Å². The lowest BCUT2D eigenvalue weighted by molar-refractivity contribution is 0.0954. The van der Waals surface area contributed by atoms with Crippen LogP contribution < -0.4 is 24.5 Å². The monoisotopic (exact) mass is 403 g/mol. The van der Waals surface area contributed by atoms with E-state index in [0.717, 1.165) is 18.0 Å². The van der Waals surface area contributed by atoms with Crippen LogP contribution in [0.1, 0.15) is 34.5 Å². The molecule has 1 aromatic heterocycles. The van der Waals surface area contributed by atoms with Crippen molar-refractivity contribution in [3.05, 3.63) is 34.7 Å². The van der Waals surface area contributed by atoms with Crippen molar-refractivity contribution < 1.29 is 19.0 Å². The van der Waals surface area contributed by atoms with Gasteiger partial charge in [0, 0.05) is 23.5 Å². The Hall–Kier alpha value is -2.74. The fourth-order valence-electron chi connectivity index (χ4n) is 3.13. The van der Waals surface area contributed by atoms with Crippen molar-refractivity contribution in [2.24, 2.45) is 5.10 Å². The van der Waals surface area contributed by atoms with Crippen LogP contribution in [0, 0.1) is 0 Å². The summed E-state index contributed by atoms with van der Waals surface area (Å²) in [6.07, 6.45) is 5.45. The molecule has 8 heteroatoms. The highest BCUT2D eigenvalue weighted by Crippen LogP contribution is 2.38. The third kappa shape index (κ3) is 4.56. The van der Waals surface area contributed by atoms with E-state index in [0.29, 0.717) is 22.8 Å². The molecular weight excluding hydrogens is 378 g/mol. The Morgan fingerprint density at radius 3 is 2.36 bits per heavy atom. The quantitative estimate of drug-likeness (QED) is 0.566. The fraction of sp³-hybridized carbons (Fsp3) is 0.400. The number of nitrogens with zero attached hydrogens (tertiary/aromatic N) is 2. The van der Waals surface area contributed by atoms with Gasteiger partial charge in [-0.15, -0.1) is 11.3 Å². The van der Waals surface area contributed by atoms with E-state index >= 15 is 0 Å². The van der Waals surface area contributed by atoms with Gasteiger partial charge in [0.1, 0.15) is 0 Å². The Kier molecular flexibility index (Phi) is 6.76. The summed E-state index contributed by atoms with van der Waals surface area (Å²) >= 11 is 1.67. The van der Waals surface area contributed by atoms with Crippen LogP contribution in [0.2, 0.25) is 0 Å². The van der Waals surface area contributed by atoms with Gasteiger partial charge >= 0.3 is 0 Å². The number of piperidine rings is 1. The number of anilines is 1. The molecular formula is C20H25N3O4S. The summed E-state index contributed by atoms with van der Waals surface area (Å²) in [7, 11) is 4.53. The number of rotatable bonds is 7. The van der Waals surface area contributed by atoms with Crippen molar-refractivity contribution in [2.45, 2.75) is 19.3 Å². The van der Waals surface area contributed by atoms with Crippen LogP contribution in [0.4, 0.5) is 5.00 Å². The second-order valence-electron chi connectivity index (χ2n) is 6.34. The minimum atomic E-state index is -0.358. The molecule has 1 aliphatic heterocycles. The maximum atomic E-state index is 12.4. The molecule has 0 atom stereocenters. The Morgan fingerprint density at radius 2 is 1.75 bits per heavy atom. The second-order valence-corrected chi connectivity index (χ2v) is 7.43. The minimum Gasteiger partial charge on any atom is -0.493 e. The summed E-state index contributed by atoms with van der Waals surface area (Å²) in [6, 6.07) is 7.31. The zero-order chi connectivity index (χ0) is 19.9. The van der Waals surface area contributed by atoms with Crippen molar-refractivity contribution in [3.8, 4) is 17.2 Å². The first kappa shape index (κ1) is 20.0. The van der Waals surface area contributed by atoms with Crippen LogP contribution in [0.5, 0.6) is 17.2 Å². The molecule has 2 aromatic rings. The Bertz CT molecular complexity index is 819. The Labute approximate surface area is 168 Å². The molecule has 1 saturated heterocycles. The summed E-state index contributed by atoms with van der Waals surface area (Å²) in [5.74, 6) is 0.915. The molecule has 0 radical (unpaired) electrons. The predicted molar refractivity (Wildman–Crippen MR) is 112 cm³/mol.